The summed E-state index contributed by atoms with van der Waals surface area (Å²) in [6.45, 7) is 7.85. The maximum absolute atomic E-state index is 12.2. The molecule has 1 spiro atoms. The number of allylic oxidation sites excluding steroid dienone is 1. The van der Waals surface area contributed by atoms with E-state index in [2.05, 4.69) is 31.3 Å². The van der Waals surface area contributed by atoms with E-state index in [1.165, 1.54) is 24.0 Å². The lowest BCUT2D eigenvalue weighted by Crippen LogP contribution is -3.00. The number of quaternary nitrogens is 1. The molecule has 26 heavy (non-hydrogen) atoms. The second kappa shape index (κ2) is 5.96. The number of hydrogen-bond acceptors (Lipinski definition) is 3. The van der Waals surface area contributed by atoms with Crippen molar-refractivity contribution in [3.05, 3.63) is 35.4 Å². The smallest absolute Gasteiger partial charge is 0.138 e. The Labute approximate surface area is 172 Å². The number of likely N-dealkylation sites (N-methyl/N-ethyl adjacent to an activating group) is 1. The molecule has 4 nitrogen and oxygen atoms in total. The molecule has 1 aromatic carbocycles. The Hall–Kier alpha value is -1.08. The highest BCUT2D eigenvalue weighted by molar-refractivity contribution is 5.74. The normalized spacial score (nSPS) is 43.2. The van der Waals surface area contributed by atoms with Gasteiger partial charge in [-0.1, -0.05) is 18.2 Å². The number of piperidine rings is 1. The van der Waals surface area contributed by atoms with E-state index < -0.39 is 0 Å². The van der Waals surface area contributed by atoms with E-state index in [1.807, 2.05) is 6.07 Å². The molecule has 5 rings (SSSR count). The zero-order valence-electron chi connectivity index (χ0n) is 15.4. The number of benzene rings is 1. The summed E-state index contributed by atoms with van der Waals surface area (Å²) in [5, 5.41) is 14.1. The van der Waals surface area contributed by atoms with Crippen LogP contribution in [0, 0.1) is 11.8 Å². The predicted molar refractivity (Wildman–Crippen MR) is 97.6 cm³/mol. The van der Waals surface area contributed by atoms with Crippen LogP contribution in [0.5, 0.6) is 5.75 Å². The highest BCUT2D eigenvalue weighted by atomic mass is 127. The fraction of sp³-hybridized carbons (Fsp3) is 0.571. The second-order valence-electron chi connectivity index (χ2n) is 8.46. The average Bonchev–Trinajstić information content (AvgIpc) is 3.17. The molecule has 140 valence electrons. The molecule has 2 saturated heterocycles. The summed E-state index contributed by atoms with van der Waals surface area (Å²) < 4.78 is 1.15. The van der Waals surface area contributed by atoms with Gasteiger partial charge in [0.1, 0.15) is 24.6 Å². The molecule has 3 fully saturated rings. The van der Waals surface area contributed by atoms with Crippen molar-refractivity contribution in [2.45, 2.75) is 44.2 Å². The lowest BCUT2D eigenvalue weighted by molar-refractivity contribution is -0.941. The van der Waals surface area contributed by atoms with Gasteiger partial charge in [-0.25, -0.2) is 0 Å². The highest BCUT2D eigenvalue weighted by Crippen LogP contribution is 2.64. The number of rotatable bonds is 2. The summed E-state index contributed by atoms with van der Waals surface area (Å²) in [5.41, 5.74) is 3.59. The van der Waals surface area contributed by atoms with E-state index in [0.717, 1.165) is 36.1 Å². The van der Waals surface area contributed by atoms with Crippen molar-refractivity contribution < 1.29 is 38.4 Å². The Morgan fingerprint density at radius 3 is 2.92 bits per heavy atom. The van der Waals surface area contributed by atoms with Gasteiger partial charge in [0.05, 0.1) is 30.2 Å². The number of anilines is 1. The average molecular weight is 466 g/mol. The number of carbonyl (C=O) groups excluding carboxylic acids is 1. The number of fused-ring (bicyclic) bond motifs is 2. The summed E-state index contributed by atoms with van der Waals surface area (Å²) in [6, 6.07) is 6.57. The van der Waals surface area contributed by atoms with Crippen LogP contribution in [-0.4, -0.2) is 47.6 Å². The fourth-order valence-electron chi connectivity index (χ4n) is 6.97. The predicted octanol–water partition coefficient (Wildman–Crippen LogP) is -0.168. The minimum atomic E-state index is -0.00850. The molecule has 1 saturated carbocycles. The first kappa shape index (κ1) is 18.3. The number of para-hydroxylation sites is 1. The van der Waals surface area contributed by atoms with E-state index in [4.69, 9.17) is 0 Å². The maximum Gasteiger partial charge on any atom is 0.138 e. The summed E-state index contributed by atoms with van der Waals surface area (Å²) in [7, 11) is 0. The SMILES string of the molecule is C/C=C1\C[N+]2(CC)CCC34c5cccc(O)c5NC3C(C=O)C1CC42.[I-]. The fourth-order valence-corrected chi connectivity index (χ4v) is 6.97. The van der Waals surface area contributed by atoms with E-state index in [9.17, 15) is 9.90 Å². The molecule has 5 heteroatoms. The molecule has 0 aromatic heterocycles. The molecule has 3 heterocycles. The van der Waals surface area contributed by atoms with Gasteiger partial charge in [0.25, 0.3) is 0 Å². The number of halogens is 1. The summed E-state index contributed by atoms with van der Waals surface area (Å²) in [5.74, 6) is 0.671. The van der Waals surface area contributed by atoms with Crippen LogP contribution in [-0.2, 0) is 10.2 Å². The Bertz CT molecular complexity index is 794. The zero-order valence-corrected chi connectivity index (χ0v) is 17.6. The third-order valence-electron chi connectivity index (χ3n) is 8.08. The number of nitrogens with zero attached hydrogens (tertiary/aromatic N) is 1. The lowest BCUT2D eigenvalue weighted by atomic mass is 9.55. The van der Waals surface area contributed by atoms with E-state index >= 15 is 0 Å². The second-order valence-corrected chi connectivity index (χ2v) is 8.46. The number of nitrogens with one attached hydrogen (secondary N) is 1. The van der Waals surface area contributed by atoms with Gasteiger partial charge >= 0.3 is 0 Å². The number of aldehydes is 1. The van der Waals surface area contributed by atoms with Crippen molar-refractivity contribution in [2.75, 3.05) is 25.0 Å². The minimum absolute atomic E-state index is 0. The summed E-state index contributed by atoms with van der Waals surface area (Å²) in [6.07, 6.45) is 5.66. The Morgan fingerprint density at radius 2 is 2.23 bits per heavy atom. The van der Waals surface area contributed by atoms with Crippen molar-refractivity contribution in [3.63, 3.8) is 0 Å². The first-order valence-electron chi connectivity index (χ1n) is 9.66. The van der Waals surface area contributed by atoms with E-state index in [-0.39, 0.29) is 41.4 Å². The zero-order chi connectivity index (χ0) is 17.4. The van der Waals surface area contributed by atoms with Crippen molar-refractivity contribution in [1.82, 2.24) is 0 Å². The van der Waals surface area contributed by atoms with Gasteiger partial charge in [-0.05, 0) is 31.1 Å². The van der Waals surface area contributed by atoms with Gasteiger partial charge in [-0.2, -0.15) is 0 Å². The first-order valence-corrected chi connectivity index (χ1v) is 9.66. The lowest BCUT2D eigenvalue weighted by Gasteiger charge is -2.56. The van der Waals surface area contributed by atoms with Gasteiger partial charge in [-0.15, -0.1) is 0 Å². The Kier molecular flexibility index (Phi) is 4.19. The van der Waals surface area contributed by atoms with Crippen LogP contribution in [0.25, 0.3) is 0 Å². The van der Waals surface area contributed by atoms with Crippen molar-refractivity contribution in [2.24, 2.45) is 11.8 Å². The number of phenols is 1. The molecule has 4 aliphatic rings. The van der Waals surface area contributed by atoms with E-state index in [0.29, 0.717) is 17.7 Å². The largest absolute Gasteiger partial charge is 1.00 e. The van der Waals surface area contributed by atoms with Crippen molar-refractivity contribution in [1.29, 1.82) is 0 Å². The minimum Gasteiger partial charge on any atom is -1.00 e. The number of phenolic OH excluding ortho intramolecular Hbond substituents is 1. The monoisotopic (exact) mass is 466 g/mol. The molecule has 0 amide bonds. The van der Waals surface area contributed by atoms with Gasteiger partial charge in [0, 0.05) is 24.7 Å². The molecular weight excluding hydrogens is 439 g/mol. The molecule has 2 bridgehead atoms. The molecule has 3 aliphatic heterocycles. The molecule has 1 aromatic rings. The van der Waals surface area contributed by atoms with Gasteiger partial charge < -0.3 is 43.7 Å². The first-order chi connectivity index (χ1) is 12.1. The van der Waals surface area contributed by atoms with Gasteiger partial charge in [-0.3, -0.25) is 0 Å². The van der Waals surface area contributed by atoms with Gasteiger partial charge in [0.15, 0.2) is 0 Å². The molecule has 6 atom stereocenters. The molecule has 0 radical (unpaired) electrons. The third-order valence-corrected chi connectivity index (χ3v) is 8.08. The van der Waals surface area contributed by atoms with Crippen LogP contribution in [0.4, 0.5) is 5.69 Å². The Morgan fingerprint density at radius 1 is 1.42 bits per heavy atom. The van der Waals surface area contributed by atoms with Crippen LogP contribution >= 0.6 is 0 Å². The van der Waals surface area contributed by atoms with Crippen LogP contribution < -0.4 is 29.3 Å². The summed E-state index contributed by atoms with van der Waals surface area (Å²) in [4.78, 5) is 12.2. The molecule has 2 N–H and O–H groups in total. The van der Waals surface area contributed by atoms with Crippen LogP contribution in [0.3, 0.4) is 0 Å². The van der Waals surface area contributed by atoms with Crippen molar-refractivity contribution >= 4 is 12.0 Å². The maximum atomic E-state index is 12.2. The van der Waals surface area contributed by atoms with Crippen LogP contribution in [0.15, 0.2) is 29.8 Å². The Balaban J connectivity index is 0.00000168. The number of hydrogen-bond donors (Lipinski definition) is 2. The van der Waals surface area contributed by atoms with Crippen molar-refractivity contribution in [3.8, 4) is 5.75 Å². The quantitative estimate of drug-likeness (QED) is 0.209. The van der Waals surface area contributed by atoms with Crippen LogP contribution in [0.2, 0.25) is 0 Å². The summed E-state index contributed by atoms with van der Waals surface area (Å²) >= 11 is 0. The van der Waals surface area contributed by atoms with E-state index in [1.54, 1.807) is 6.07 Å². The number of aromatic hydroxyl groups is 1. The topological polar surface area (TPSA) is 49.3 Å². The molecule has 1 aliphatic carbocycles. The molecule has 6 unspecified atom stereocenters. The van der Waals surface area contributed by atoms with Crippen LogP contribution in [0.1, 0.15) is 32.3 Å². The standard InChI is InChI=1S/C21H26N2O2.HI/c1-3-13-11-23(4-2)9-8-21-16-6-5-7-17(25)19(16)22-20(21)15(12-24)14(13)10-18(21)23;/h3,5-7,12,14-15,18,20,22H,4,8-11H2,1-2H3;1H/b13-3+;. The number of carbonyl (C=O) groups is 1. The van der Waals surface area contributed by atoms with Gasteiger partial charge in [0.2, 0.25) is 0 Å². The molecular formula is C21H27IN2O2. The highest BCUT2D eigenvalue weighted by Gasteiger charge is 2.71. The third kappa shape index (κ3) is 1.91.